The molecule has 1 aromatic rings. The molecule has 1 aromatic carbocycles. The van der Waals surface area contributed by atoms with Gasteiger partial charge in [-0.15, -0.1) is 0 Å². The van der Waals surface area contributed by atoms with Crippen LogP contribution in [-0.2, 0) is 0 Å². The van der Waals surface area contributed by atoms with Crippen molar-refractivity contribution in [2.24, 2.45) is 0 Å². The summed E-state index contributed by atoms with van der Waals surface area (Å²) in [5.41, 5.74) is -0.582. The monoisotopic (exact) mass is 338 g/mol. The Hall–Kier alpha value is -2.09. The van der Waals surface area contributed by atoms with E-state index in [1.54, 1.807) is 16.7 Å². The van der Waals surface area contributed by atoms with Gasteiger partial charge >= 0.3 is 5.97 Å². The van der Waals surface area contributed by atoms with E-state index in [2.05, 4.69) is 0 Å². The number of carboxylic acid groups (broad SMARTS) is 1. The van der Waals surface area contributed by atoms with Crippen molar-refractivity contribution < 1.29 is 19.6 Å². The van der Waals surface area contributed by atoms with Crippen LogP contribution in [-0.4, -0.2) is 51.4 Å². The average molecular weight is 338 g/mol. The molecule has 124 valence electrons. The summed E-state index contributed by atoms with van der Waals surface area (Å²) in [6.45, 7) is 1.16. The van der Waals surface area contributed by atoms with E-state index in [0.717, 1.165) is 31.4 Å². The van der Waals surface area contributed by atoms with Gasteiger partial charge in [0.1, 0.15) is 0 Å². The summed E-state index contributed by atoms with van der Waals surface area (Å²) in [6, 6.07) is 3.32. The molecule has 1 atom stereocenters. The fourth-order valence-corrected chi connectivity index (χ4v) is 3.36. The summed E-state index contributed by atoms with van der Waals surface area (Å²) >= 11 is 1.70. The van der Waals surface area contributed by atoms with Crippen LogP contribution in [0.25, 0.3) is 0 Å². The van der Waals surface area contributed by atoms with E-state index < -0.39 is 10.9 Å². The lowest BCUT2D eigenvalue weighted by molar-refractivity contribution is -0.384. The Morgan fingerprint density at radius 1 is 1.30 bits per heavy atom. The average Bonchev–Trinajstić information content (AvgIpc) is 2.79. The van der Waals surface area contributed by atoms with Gasteiger partial charge in [-0.1, -0.05) is 6.42 Å². The maximum Gasteiger partial charge on any atom is 0.335 e. The van der Waals surface area contributed by atoms with E-state index in [4.69, 9.17) is 5.11 Å². The highest BCUT2D eigenvalue weighted by atomic mass is 32.2. The lowest BCUT2D eigenvalue weighted by Gasteiger charge is -2.23. The van der Waals surface area contributed by atoms with Gasteiger partial charge in [0.25, 0.3) is 11.6 Å². The maximum absolute atomic E-state index is 12.7. The molecular formula is C15H18N2O5S. The second kappa shape index (κ2) is 7.45. The number of nitrogens with zero attached hydrogens (tertiary/aromatic N) is 2. The summed E-state index contributed by atoms with van der Waals surface area (Å²) in [5, 5.41) is 20.4. The Bertz CT molecular complexity index is 602. The zero-order valence-corrected chi connectivity index (χ0v) is 13.5. The number of hydrogen-bond donors (Lipinski definition) is 1. The van der Waals surface area contributed by atoms with Crippen molar-refractivity contribution in [2.45, 2.75) is 24.5 Å². The lowest BCUT2D eigenvalue weighted by Crippen LogP contribution is -2.35. The minimum atomic E-state index is -1.29. The molecule has 1 aliphatic heterocycles. The van der Waals surface area contributed by atoms with Gasteiger partial charge in [-0.05, 0) is 25.2 Å². The SMILES string of the molecule is CSC1CCCCN(C(=O)c2cc(C(=O)O)cc([N+](=O)[O-])c2)C1. The molecule has 1 saturated heterocycles. The first-order valence-electron chi connectivity index (χ1n) is 7.27. The van der Waals surface area contributed by atoms with Crippen LogP contribution in [0.15, 0.2) is 18.2 Å². The summed E-state index contributed by atoms with van der Waals surface area (Å²) < 4.78 is 0. The number of carboxylic acids is 1. The second-order valence-corrected chi connectivity index (χ2v) is 6.57. The van der Waals surface area contributed by atoms with Gasteiger partial charge in [-0.25, -0.2) is 4.79 Å². The van der Waals surface area contributed by atoms with Gasteiger partial charge in [0, 0.05) is 36.0 Å². The third-order valence-electron chi connectivity index (χ3n) is 3.87. The molecule has 1 N–H and O–H groups in total. The van der Waals surface area contributed by atoms with Gasteiger partial charge in [0.15, 0.2) is 0 Å². The highest BCUT2D eigenvalue weighted by Crippen LogP contribution is 2.23. The van der Waals surface area contributed by atoms with Crippen LogP contribution in [0.5, 0.6) is 0 Å². The quantitative estimate of drug-likeness (QED) is 0.669. The number of hydrogen-bond acceptors (Lipinski definition) is 5. The molecule has 1 heterocycles. The third kappa shape index (κ3) is 4.22. The zero-order valence-electron chi connectivity index (χ0n) is 12.7. The minimum absolute atomic E-state index is 0.0540. The topological polar surface area (TPSA) is 101 Å². The number of carbonyl (C=O) groups excluding carboxylic acids is 1. The highest BCUT2D eigenvalue weighted by Gasteiger charge is 2.25. The van der Waals surface area contributed by atoms with Crippen LogP contribution in [0.4, 0.5) is 5.69 Å². The van der Waals surface area contributed by atoms with Crippen molar-refractivity contribution in [1.29, 1.82) is 0 Å². The van der Waals surface area contributed by atoms with E-state index in [1.807, 2.05) is 6.26 Å². The first-order chi connectivity index (χ1) is 10.9. The van der Waals surface area contributed by atoms with E-state index in [9.17, 15) is 19.7 Å². The predicted octanol–water partition coefficient (Wildman–Crippen LogP) is 2.65. The molecule has 0 spiro atoms. The van der Waals surface area contributed by atoms with E-state index in [0.29, 0.717) is 18.3 Å². The Morgan fingerprint density at radius 2 is 2.00 bits per heavy atom. The standard InChI is InChI=1S/C15H18N2O5S/c1-23-13-4-2-3-5-16(9-13)14(18)10-6-11(15(19)20)8-12(7-10)17(21)22/h6-8,13H,2-5,9H2,1H3,(H,19,20). The second-order valence-electron chi connectivity index (χ2n) is 5.44. The molecule has 1 unspecified atom stereocenters. The molecule has 0 aliphatic carbocycles. The Kier molecular flexibility index (Phi) is 5.59. The van der Waals surface area contributed by atoms with Gasteiger partial charge in [-0.3, -0.25) is 14.9 Å². The molecule has 1 aliphatic rings. The number of non-ortho nitro benzene ring substituents is 1. The van der Waals surface area contributed by atoms with Crippen molar-refractivity contribution >= 4 is 29.3 Å². The third-order valence-corrected chi connectivity index (χ3v) is 4.92. The van der Waals surface area contributed by atoms with Crippen molar-refractivity contribution in [2.75, 3.05) is 19.3 Å². The van der Waals surface area contributed by atoms with Crippen molar-refractivity contribution in [1.82, 2.24) is 4.90 Å². The number of thioether (sulfide) groups is 1. The Labute approximate surface area is 137 Å². The maximum atomic E-state index is 12.7. The number of benzene rings is 1. The number of rotatable bonds is 4. The summed E-state index contributed by atoms with van der Waals surface area (Å²) in [7, 11) is 0. The molecule has 1 amide bonds. The van der Waals surface area contributed by atoms with Crippen molar-refractivity contribution in [3.05, 3.63) is 39.4 Å². The molecule has 0 aromatic heterocycles. The summed E-state index contributed by atoms with van der Waals surface area (Å²) in [5.74, 6) is -1.64. The number of likely N-dealkylation sites (tertiary alicyclic amines) is 1. The summed E-state index contributed by atoms with van der Waals surface area (Å²) in [6.07, 6.45) is 4.93. The van der Waals surface area contributed by atoms with Crippen LogP contribution < -0.4 is 0 Å². The Morgan fingerprint density at radius 3 is 2.61 bits per heavy atom. The zero-order chi connectivity index (χ0) is 17.0. The highest BCUT2D eigenvalue weighted by molar-refractivity contribution is 7.99. The molecule has 23 heavy (non-hydrogen) atoms. The Balaban J connectivity index is 2.33. The first-order valence-corrected chi connectivity index (χ1v) is 8.56. The van der Waals surface area contributed by atoms with Crippen LogP contribution in [0.1, 0.15) is 40.0 Å². The van der Waals surface area contributed by atoms with Gasteiger partial charge in [-0.2, -0.15) is 11.8 Å². The lowest BCUT2D eigenvalue weighted by atomic mass is 10.1. The number of nitro benzene ring substituents is 1. The van der Waals surface area contributed by atoms with Crippen molar-refractivity contribution in [3.63, 3.8) is 0 Å². The molecule has 0 saturated carbocycles. The number of amides is 1. The fraction of sp³-hybridized carbons (Fsp3) is 0.467. The van der Waals surface area contributed by atoms with Crippen LogP contribution >= 0.6 is 11.8 Å². The van der Waals surface area contributed by atoms with E-state index in [1.165, 1.54) is 6.07 Å². The van der Waals surface area contributed by atoms with Gasteiger partial charge < -0.3 is 10.0 Å². The normalized spacial score (nSPS) is 18.3. The summed E-state index contributed by atoms with van der Waals surface area (Å²) in [4.78, 5) is 35.7. The van der Waals surface area contributed by atoms with Crippen LogP contribution in [0.3, 0.4) is 0 Å². The molecule has 1 fully saturated rings. The van der Waals surface area contributed by atoms with E-state index >= 15 is 0 Å². The van der Waals surface area contributed by atoms with Gasteiger partial charge in [0.05, 0.1) is 10.5 Å². The molecule has 0 bridgehead atoms. The molecule has 2 rings (SSSR count). The first kappa shape index (κ1) is 17.3. The van der Waals surface area contributed by atoms with Crippen LogP contribution in [0.2, 0.25) is 0 Å². The fourth-order valence-electron chi connectivity index (χ4n) is 2.63. The molecule has 8 heteroatoms. The van der Waals surface area contributed by atoms with Gasteiger partial charge in [0.2, 0.25) is 0 Å². The molecular weight excluding hydrogens is 320 g/mol. The van der Waals surface area contributed by atoms with Crippen LogP contribution in [0, 0.1) is 10.1 Å². The smallest absolute Gasteiger partial charge is 0.335 e. The number of carbonyl (C=O) groups is 2. The number of nitro groups is 1. The molecule has 0 radical (unpaired) electrons. The van der Waals surface area contributed by atoms with E-state index in [-0.39, 0.29) is 22.7 Å². The largest absolute Gasteiger partial charge is 0.478 e. The molecule has 7 nitrogen and oxygen atoms in total. The predicted molar refractivity (Wildman–Crippen MR) is 87.1 cm³/mol. The van der Waals surface area contributed by atoms with Crippen molar-refractivity contribution in [3.8, 4) is 0 Å². The minimum Gasteiger partial charge on any atom is -0.478 e. The number of aromatic carboxylic acids is 1.